The van der Waals surface area contributed by atoms with E-state index in [9.17, 15) is 22.8 Å². The van der Waals surface area contributed by atoms with E-state index in [1.165, 1.54) is 0 Å². The van der Waals surface area contributed by atoms with Crippen LogP contribution in [0.3, 0.4) is 0 Å². The molecule has 6 nitrogen and oxygen atoms in total. The van der Waals surface area contributed by atoms with Crippen LogP contribution in [-0.2, 0) is 14.3 Å². The van der Waals surface area contributed by atoms with E-state index in [0.29, 0.717) is 5.56 Å². The van der Waals surface area contributed by atoms with Crippen LogP contribution in [0.25, 0.3) is 0 Å². The molecule has 1 aromatic rings. The lowest BCUT2D eigenvalue weighted by Gasteiger charge is -2.40. The van der Waals surface area contributed by atoms with Crippen LogP contribution >= 0.6 is 15.9 Å². The zero-order valence-electron chi connectivity index (χ0n) is 15.7. The highest BCUT2D eigenvalue weighted by molar-refractivity contribution is 9.10. The van der Waals surface area contributed by atoms with Gasteiger partial charge in [-0.05, 0) is 38.5 Å². The van der Waals surface area contributed by atoms with Crippen LogP contribution in [-0.4, -0.2) is 54.5 Å². The van der Waals surface area contributed by atoms with Crippen molar-refractivity contribution in [3.8, 4) is 0 Å². The second-order valence-corrected chi connectivity index (χ2v) is 8.28. The number of benzene rings is 1. The van der Waals surface area contributed by atoms with Crippen LogP contribution in [0.2, 0.25) is 0 Å². The van der Waals surface area contributed by atoms with E-state index >= 15 is 0 Å². The fourth-order valence-electron chi connectivity index (χ4n) is 2.70. The number of rotatable bonds is 3. The highest BCUT2D eigenvalue weighted by Gasteiger charge is 2.47. The number of amides is 2. The van der Waals surface area contributed by atoms with Crippen molar-refractivity contribution in [1.29, 1.82) is 0 Å². The maximum absolute atomic E-state index is 13.1. The molecule has 1 aliphatic heterocycles. The van der Waals surface area contributed by atoms with Gasteiger partial charge >= 0.3 is 18.2 Å². The van der Waals surface area contributed by atoms with Gasteiger partial charge in [0.25, 0.3) is 0 Å². The SMILES string of the molecule is CC(C)(C)OC(=O)NC[C@H]1CN(C(=O)C(F)(F)F)C(c2ccc(Br)cc2)CO1. The molecule has 1 heterocycles. The average Bonchev–Trinajstić information content (AvgIpc) is 2.57. The molecule has 0 saturated carbocycles. The van der Waals surface area contributed by atoms with E-state index in [0.717, 1.165) is 9.37 Å². The van der Waals surface area contributed by atoms with Crippen LogP contribution in [0, 0.1) is 0 Å². The third-order valence-corrected chi connectivity index (χ3v) is 4.43. The van der Waals surface area contributed by atoms with Crippen molar-refractivity contribution in [3.05, 3.63) is 34.3 Å². The van der Waals surface area contributed by atoms with Gasteiger partial charge in [0.2, 0.25) is 0 Å². The van der Waals surface area contributed by atoms with Gasteiger partial charge in [-0.25, -0.2) is 4.79 Å². The number of ether oxygens (including phenoxy) is 2. The molecule has 0 bridgehead atoms. The number of hydrogen-bond donors (Lipinski definition) is 1. The number of carbonyl (C=O) groups excluding carboxylic acids is 2. The minimum atomic E-state index is -5.01. The fraction of sp³-hybridized carbons (Fsp3) is 0.556. The molecule has 0 spiro atoms. The summed E-state index contributed by atoms with van der Waals surface area (Å²) in [6, 6.07) is 5.76. The Labute approximate surface area is 169 Å². The smallest absolute Gasteiger partial charge is 0.444 e. The van der Waals surface area contributed by atoms with E-state index in [1.807, 2.05) is 0 Å². The zero-order valence-corrected chi connectivity index (χ0v) is 17.3. The van der Waals surface area contributed by atoms with E-state index in [-0.39, 0.29) is 19.7 Å². The number of alkyl carbamates (subject to hydrolysis) is 1. The summed E-state index contributed by atoms with van der Waals surface area (Å²) in [5, 5.41) is 2.46. The molecule has 2 rings (SSSR count). The molecule has 156 valence electrons. The summed E-state index contributed by atoms with van der Waals surface area (Å²) in [6.45, 7) is 4.56. The van der Waals surface area contributed by atoms with Gasteiger partial charge in [-0.1, -0.05) is 28.1 Å². The Morgan fingerprint density at radius 2 is 1.86 bits per heavy atom. The minimum Gasteiger partial charge on any atom is -0.444 e. The summed E-state index contributed by atoms with van der Waals surface area (Å²) in [6.07, 6.45) is -6.50. The van der Waals surface area contributed by atoms with Crippen molar-refractivity contribution in [1.82, 2.24) is 10.2 Å². The molecule has 0 aromatic heterocycles. The van der Waals surface area contributed by atoms with Gasteiger partial charge in [0.15, 0.2) is 0 Å². The van der Waals surface area contributed by atoms with Gasteiger partial charge in [0.1, 0.15) is 5.60 Å². The molecule has 1 aliphatic rings. The van der Waals surface area contributed by atoms with E-state index in [1.54, 1.807) is 45.0 Å². The molecule has 1 unspecified atom stereocenters. The molecule has 10 heteroatoms. The quantitative estimate of drug-likeness (QED) is 0.735. The van der Waals surface area contributed by atoms with E-state index < -0.39 is 35.9 Å². The first-order chi connectivity index (χ1) is 12.9. The largest absolute Gasteiger partial charge is 0.471 e. The number of alkyl halides is 3. The number of hydrogen-bond acceptors (Lipinski definition) is 4. The van der Waals surface area contributed by atoms with Crippen LogP contribution in [0.1, 0.15) is 32.4 Å². The van der Waals surface area contributed by atoms with Crippen molar-refractivity contribution < 1.29 is 32.2 Å². The fourth-order valence-corrected chi connectivity index (χ4v) is 2.96. The zero-order chi connectivity index (χ0) is 21.1. The lowest BCUT2D eigenvalue weighted by molar-refractivity contribution is -0.196. The topological polar surface area (TPSA) is 67.9 Å². The molecule has 0 aliphatic carbocycles. The standard InChI is InChI=1S/C18H22BrF3N2O4/c1-17(2,3)28-16(26)23-8-13-9-24(15(25)18(20,21)22)14(10-27-13)11-4-6-12(19)7-5-11/h4-7,13-14H,8-10H2,1-3H3,(H,23,26)/t13-,14?/m0/s1. The molecule has 0 radical (unpaired) electrons. The van der Waals surface area contributed by atoms with Crippen molar-refractivity contribution in [2.24, 2.45) is 0 Å². The summed E-state index contributed by atoms with van der Waals surface area (Å²) < 4.78 is 50.7. The Bertz CT molecular complexity index is 704. The average molecular weight is 467 g/mol. The molecule has 1 N–H and O–H groups in total. The van der Waals surface area contributed by atoms with Crippen LogP contribution < -0.4 is 5.32 Å². The van der Waals surface area contributed by atoms with Gasteiger partial charge < -0.3 is 19.7 Å². The third kappa shape index (κ3) is 6.37. The van der Waals surface area contributed by atoms with Gasteiger partial charge in [-0.3, -0.25) is 4.79 Å². The summed E-state index contributed by atoms with van der Waals surface area (Å²) in [5.74, 6) is -1.94. The second kappa shape index (κ2) is 8.69. The minimum absolute atomic E-state index is 0.0798. The Morgan fingerprint density at radius 1 is 1.25 bits per heavy atom. The summed E-state index contributed by atoms with van der Waals surface area (Å²) in [7, 11) is 0. The van der Waals surface area contributed by atoms with Gasteiger partial charge in [0.05, 0.1) is 18.8 Å². The normalized spacial score (nSPS) is 20.6. The molecular weight excluding hydrogens is 445 g/mol. The third-order valence-electron chi connectivity index (χ3n) is 3.90. The summed E-state index contributed by atoms with van der Waals surface area (Å²) in [4.78, 5) is 24.4. The predicted molar refractivity (Wildman–Crippen MR) is 98.6 cm³/mol. The number of carbonyl (C=O) groups is 2. The highest BCUT2D eigenvalue weighted by atomic mass is 79.9. The highest BCUT2D eigenvalue weighted by Crippen LogP contribution is 2.31. The first kappa shape index (κ1) is 22.5. The van der Waals surface area contributed by atoms with Crippen molar-refractivity contribution in [2.75, 3.05) is 19.7 Å². The molecule has 2 amide bonds. The first-order valence-corrected chi connectivity index (χ1v) is 9.38. The monoisotopic (exact) mass is 466 g/mol. The number of halogens is 4. The maximum Gasteiger partial charge on any atom is 0.471 e. The van der Waals surface area contributed by atoms with Gasteiger partial charge in [-0.15, -0.1) is 0 Å². The number of morpholine rings is 1. The Hall–Kier alpha value is -1.81. The van der Waals surface area contributed by atoms with Gasteiger partial charge in [-0.2, -0.15) is 13.2 Å². The molecular formula is C18H22BrF3N2O4. The van der Waals surface area contributed by atoms with Crippen molar-refractivity contribution in [2.45, 2.75) is 44.7 Å². The molecule has 28 heavy (non-hydrogen) atoms. The molecule has 1 fully saturated rings. The molecule has 1 saturated heterocycles. The second-order valence-electron chi connectivity index (χ2n) is 7.36. The Kier molecular flexibility index (Phi) is 6.97. The summed E-state index contributed by atoms with van der Waals surface area (Å²) >= 11 is 3.27. The first-order valence-electron chi connectivity index (χ1n) is 8.58. The van der Waals surface area contributed by atoms with Crippen LogP contribution in [0.4, 0.5) is 18.0 Å². The maximum atomic E-state index is 13.1. The number of nitrogens with one attached hydrogen (secondary N) is 1. The lowest BCUT2D eigenvalue weighted by atomic mass is 10.0. The Morgan fingerprint density at radius 3 is 2.39 bits per heavy atom. The van der Waals surface area contributed by atoms with Crippen molar-refractivity contribution in [3.63, 3.8) is 0 Å². The summed E-state index contributed by atoms with van der Waals surface area (Å²) in [5.41, 5.74) is -0.179. The van der Waals surface area contributed by atoms with Crippen molar-refractivity contribution >= 4 is 27.9 Å². The van der Waals surface area contributed by atoms with E-state index in [4.69, 9.17) is 9.47 Å². The predicted octanol–water partition coefficient (Wildman–Crippen LogP) is 3.80. The van der Waals surface area contributed by atoms with Crippen LogP contribution in [0.15, 0.2) is 28.7 Å². The lowest BCUT2D eigenvalue weighted by Crippen LogP contribution is -2.54. The van der Waals surface area contributed by atoms with Gasteiger partial charge in [0, 0.05) is 17.6 Å². The Balaban J connectivity index is 2.10. The number of nitrogens with zero attached hydrogens (tertiary/aromatic N) is 1. The molecule has 1 aromatic carbocycles. The van der Waals surface area contributed by atoms with E-state index in [2.05, 4.69) is 21.2 Å². The molecule has 2 atom stereocenters. The van der Waals surface area contributed by atoms with Crippen LogP contribution in [0.5, 0.6) is 0 Å².